The van der Waals surface area contributed by atoms with Crippen LogP contribution in [0.3, 0.4) is 0 Å². The molecular formula is C27H37FN8OS2. The van der Waals surface area contributed by atoms with Crippen molar-refractivity contribution in [3.05, 3.63) is 76.8 Å². The van der Waals surface area contributed by atoms with Gasteiger partial charge in [0.2, 0.25) is 5.13 Å². The second-order valence-corrected chi connectivity index (χ2v) is 11.0. The molecule has 2 amide bonds. The van der Waals surface area contributed by atoms with Gasteiger partial charge in [-0.2, -0.15) is 16.8 Å². The van der Waals surface area contributed by atoms with Gasteiger partial charge in [-0.25, -0.2) is 14.2 Å². The summed E-state index contributed by atoms with van der Waals surface area (Å²) in [5, 5.41) is 8.28. The fourth-order valence-electron chi connectivity index (χ4n) is 3.93. The molecule has 1 unspecified atom stereocenters. The van der Waals surface area contributed by atoms with Gasteiger partial charge in [-0.05, 0) is 69.2 Å². The number of hydrogen-bond donors (Lipinski definition) is 4. The van der Waals surface area contributed by atoms with Crippen LogP contribution >= 0.6 is 23.1 Å². The van der Waals surface area contributed by atoms with Crippen molar-refractivity contribution in [2.45, 2.75) is 30.9 Å². The van der Waals surface area contributed by atoms with E-state index in [-0.39, 0.29) is 23.7 Å². The van der Waals surface area contributed by atoms with E-state index in [1.54, 1.807) is 18.0 Å². The lowest BCUT2D eigenvalue weighted by Crippen LogP contribution is -2.37. The number of thiazole rings is 1. The van der Waals surface area contributed by atoms with E-state index < -0.39 is 0 Å². The van der Waals surface area contributed by atoms with Gasteiger partial charge >= 0.3 is 6.03 Å². The topological polar surface area (TPSA) is 135 Å². The van der Waals surface area contributed by atoms with Crippen molar-refractivity contribution in [2.75, 3.05) is 39.0 Å². The Kier molecular flexibility index (Phi) is 13.0. The molecule has 0 bridgehead atoms. The maximum Gasteiger partial charge on any atom is 0.314 e. The molecule has 0 fully saturated rings. The minimum absolute atomic E-state index is 0.000882. The van der Waals surface area contributed by atoms with Crippen LogP contribution in [0.2, 0.25) is 0 Å². The van der Waals surface area contributed by atoms with Crippen molar-refractivity contribution in [3.8, 4) is 0 Å². The predicted molar refractivity (Wildman–Crippen MR) is 159 cm³/mol. The summed E-state index contributed by atoms with van der Waals surface area (Å²) in [6.45, 7) is 3.03. The lowest BCUT2D eigenvalue weighted by molar-refractivity contribution is 0.241. The van der Waals surface area contributed by atoms with Gasteiger partial charge in [-0.3, -0.25) is 4.98 Å². The van der Waals surface area contributed by atoms with Gasteiger partial charge < -0.3 is 27.0 Å². The first-order valence-electron chi connectivity index (χ1n) is 12.9. The predicted octanol–water partition coefficient (Wildman–Crippen LogP) is 4.05. The summed E-state index contributed by atoms with van der Waals surface area (Å²) in [6, 6.07) is 12.5. The van der Waals surface area contributed by atoms with Crippen LogP contribution < -0.4 is 22.1 Å². The quantitative estimate of drug-likeness (QED) is 0.116. The minimum Gasteiger partial charge on any atom is -0.370 e. The molecule has 0 saturated heterocycles. The minimum atomic E-state index is -0.233. The molecule has 1 aromatic carbocycles. The number of nitrogens with two attached hydrogens (primary N) is 2. The molecular weight excluding hydrogens is 535 g/mol. The van der Waals surface area contributed by atoms with Crippen molar-refractivity contribution < 1.29 is 9.18 Å². The van der Waals surface area contributed by atoms with Gasteiger partial charge in [0.1, 0.15) is 5.82 Å². The van der Waals surface area contributed by atoms with Crippen LogP contribution in [-0.4, -0.2) is 65.8 Å². The maximum absolute atomic E-state index is 13.4. The Morgan fingerprint density at radius 3 is 2.67 bits per heavy atom. The van der Waals surface area contributed by atoms with E-state index in [1.807, 2.05) is 35.7 Å². The van der Waals surface area contributed by atoms with Gasteiger partial charge in [-0.1, -0.05) is 18.2 Å². The van der Waals surface area contributed by atoms with E-state index >= 15 is 0 Å². The SMILES string of the molecule is CN(CCCCNC(=O)NCCSCc1csc(N=C(N)N)n1)CCC(c1ccc(F)cc1)c1ccccn1. The number of guanidine groups is 1. The largest absolute Gasteiger partial charge is 0.370 e. The number of carbonyl (C=O) groups excluding carboxylic acids is 1. The molecule has 3 aromatic rings. The molecule has 0 aliphatic heterocycles. The number of amides is 2. The zero-order chi connectivity index (χ0) is 27.9. The number of unbranched alkanes of at least 4 members (excludes halogenated alkanes) is 1. The molecule has 9 nitrogen and oxygen atoms in total. The van der Waals surface area contributed by atoms with E-state index in [0.29, 0.717) is 18.2 Å². The summed E-state index contributed by atoms with van der Waals surface area (Å²) in [5.74, 6) is 1.40. The number of halogens is 1. The normalized spacial score (nSPS) is 11.8. The number of hydrogen-bond acceptors (Lipinski definition) is 7. The van der Waals surface area contributed by atoms with Crippen molar-refractivity contribution >= 4 is 40.2 Å². The Labute approximate surface area is 237 Å². The number of benzene rings is 1. The standard InChI is InChI=1S/C27H37FN8OS2/c1-36(16-11-23(24-6-2-3-12-31-24)20-7-9-21(28)10-8-20)15-5-4-13-32-26(37)33-14-17-38-18-22-19-39-27(34-22)35-25(29)30/h2-3,6-10,12,19,23H,4-5,11,13-18H2,1H3,(H2,32,33,37)(H4,29,30,34,35). The van der Waals surface area contributed by atoms with Crippen molar-refractivity contribution in [2.24, 2.45) is 16.5 Å². The summed E-state index contributed by atoms with van der Waals surface area (Å²) < 4.78 is 13.4. The second-order valence-electron chi connectivity index (χ2n) is 9.05. The van der Waals surface area contributed by atoms with Gasteiger partial charge in [0, 0.05) is 47.8 Å². The molecule has 210 valence electrons. The third-order valence-corrected chi connectivity index (χ3v) is 7.69. The first-order valence-corrected chi connectivity index (χ1v) is 14.9. The van der Waals surface area contributed by atoms with Crippen LogP contribution in [0.1, 0.15) is 42.1 Å². The number of aromatic nitrogens is 2. The van der Waals surface area contributed by atoms with Crippen LogP contribution in [0, 0.1) is 5.82 Å². The number of nitrogens with zero attached hydrogens (tertiary/aromatic N) is 4. The first kappa shape index (κ1) is 30.3. The molecule has 1 atom stereocenters. The fourth-order valence-corrected chi connectivity index (χ4v) is 5.49. The molecule has 6 N–H and O–H groups in total. The molecule has 0 radical (unpaired) electrons. The van der Waals surface area contributed by atoms with Crippen LogP contribution in [0.5, 0.6) is 0 Å². The Morgan fingerprint density at radius 2 is 1.92 bits per heavy atom. The van der Waals surface area contributed by atoms with E-state index in [4.69, 9.17) is 11.5 Å². The Bertz CT molecular complexity index is 1160. The van der Waals surface area contributed by atoms with Gasteiger partial charge in [0.05, 0.1) is 5.69 Å². The van der Waals surface area contributed by atoms with Crippen molar-refractivity contribution in [3.63, 3.8) is 0 Å². The third kappa shape index (κ3) is 11.6. The van der Waals surface area contributed by atoms with E-state index in [9.17, 15) is 9.18 Å². The smallest absolute Gasteiger partial charge is 0.314 e. The van der Waals surface area contributed by atoms with Crippen molar-refractivity contribution in [1.29, 1.82) is 0 Å². The third-order valence-electron chi connectivity index (χ3n) is 5.92. The molecule has 0 aliphatic carbocycles. The molecule has 0 saturated carbocycles. The van der Waals surface area contributed by atoms with Gasteiger partial charge in [-0.15, -0.1) is 11.3 Å². The van der Waals surface area contributed by atoms with Gasteiger partial charge in [0.15, 0.2) is 5.96 Å². The molecule has 39 heavy (non-hydrogen) atoms. The van der Waals surface area contributed by atoms with E-state index in [2.05, 4.69) is 37.5 Å². The zero-order valence-corrected chi connectivity index (χ0v) is 23.8. The van der Waals surface area contributed by atoms with Crippen LogP contribution in [-0.2, 0) is 5.75 Å². The number of thioether (sulfide) groups is 1. The lowest BCUT2D eigenvalue weighted by atomic mass is 9.91. The highest BCUT2D eigenvalue weighted by molar-refractivity contribution is 7.98. The summed E-state index contributed by atoms with van der Waals surface area (Å²) >= 11 is 3.08. The molecule has 3 rings (SSSR count). The molecule has 0 aliphatic rings. The average molecular weight is 573 g/mol. The van der Waals surface area contributed by atoms with Crippen molar-refractivity contribution in [1.82, 2.24) is 25.5 Å². The number of carbonyl (C=O) groups is 1. The number of nitrogens with one attached hydrogen (secondary N) is 2. The monoisotopic (exact) mass is 572 g/mol. The number of rotatable bonds is 16. The first-order chi connectivity index (χ1) is 18.9. The van der Waals surface area contributed by atoms with E-state index in [0.717, 1.165) is 60.8 Å². The van der Waals surface area contributed by atoms with Crippen LogP contribution in [0.4, 0.5) is 14.3 Å². The van der Waals surface area contributed by atoms with Crippen LogP contribution in [0.25, 0.3) is 0 Å². The highest BCUT2D eigenvalue weighted by Gasteiger charge is 2.16. The Morgan fingerprint density at radius 1 is 1.13 bits per heavy atom. The Balaban J connectivity index is 1.25. The zero-order valence-electron chi connectivity index (χ0n) is 22.2. The van der Waals surface area contributed by atoms with Crippen LogP contribution in [0.15, 0.2) is 59.0 Å². The summed E-state index contributed by atoms with van der Waals surface area (Å²) in [6.07, 6.45) is 4.56. The molecule has 12 heteroatoms. The van der Waals surface area contributed by atoms with Gasteiger partial charge in [0.25, 0.3) is 0 Å². The Hall–Kier alpha value is -3.22. The molecule has 2 aromatic heterocycles. The molecule has 0 spiro atoms. The summed E-state index contributed by atoms with van der Waals surface area (Å²) in [5.41, 5.74) is 13.7. The summed E-state index contributed by atoms with van der Waals surface area (Å²) in [4.78, 5) is 27.1. The number of urea groups is 1. The number of pyridine rings is 1. The highest BCUT2D eigenvalue weighted by atomic mass is 32.2. The number of aliphatic imine (C=N–C) groups is 1. The fraction of sp³-hybridized carbons (Fsp3) is 0.407. The lowest BCUT2D eigenvalue weighted by Gasteiger charge is -2.22. The highest BCUT2D eigenvalue weighted by Crippen LogP contribution is 2.27. The maximum atomic E-state index is 13.4. The average Bonchev–Trinajstić information content (AvgIpc) is 3.36. The van der Waals surface area contributed by atoms with E-state index in [1.165, 1.54) is 23.5 Å². The second kappa shape index (κ2) is 16.7. The molecule has 2 heterocycles. The summed E-state index contributed by atoms with van der Waals surface area (Å²) in [7, 11) is 2.10.